The van der Waals surface area contributed by atoms with E-state index in [1.807, 2.05) is 38.1 Å². The zero-order valence-electron chi connectivity index (χ0n) is 14.0. The van der Waals surface area contributed by atoms with E-state index in [1.54, 1.807) is 25.1 Å². The molecule has 0 unspecified atom stereocenters. The Kier molecular flexibility index (Phi) is 5.62. The van der Waals surface area contributed by atoms with Gasteiger partial charge in [0.2, 0.25) is 0 Å². The van der Waals surface area contributed by atoms with Gasteiger partial charge >= 0.3 is 6.03 Å². The van der Waals surface area contributed by atoms with E-state index in [0.717, 1.165) is 23.5 Å². The predicted octanol–water partition coefficient (Wildman–Crippen LogP) is 2.76. The second-order valence-corrected chi connectivity index (χ2v) is 5.56. The monoisotopic (exact) mass is 317 g/mol. The fourth-order valence-corrected chi connectivity index (χ4v) is 2.32. The Morgan fingerprint density at radius 1 is 1.43 bits per heavy atom. The lowest BCUT2D eigenvalue weighted by molar-refractivity contribution is 0.192. The van der Waals surface area contributed by atoms with Crippen LogP contribution in [0.5, 0.6) is 5.75 Å². The number of aromatic nitrogens is 1. The van der Waals surface area contributed by atoms with E-state index in [9.17, 15) is 4.79 Å². The normalized spacial score (nSPS) is 11.8. The quantitative estimate of drug-likeness (QED) is 0.889. The molecule has 2 rings (SSSR count). The van der Waals surface area contributed by atoms with Gasteiger partial charge in [0.25, 0.3) is 0 Å². The zero-order valence-corrected chi connectivity index (χ0v) is 14.0. The van der Waals surface area contributed by atoms with Crippen LogP contribution >= 0.6 is 0 Å². The maximum absolute atomic E-state index is 12.2. The Balaban J connectivity index is 1.90. The lowest BCUT2D eigenvalue weighted by atomic mass is 10.1. The van der Waals surface area contributed by atoms with Crippen LogP contribution in [0.25, 0.3) is 0 Å². The maximum atomic E-state index is 12.2. The molecule has 6 nitrogen and oxygen atoms in total. The molecule has 0 aliphatic heterocycles. The number of ether oxygens (including phenoxy) is 1. The number of para-hydroxylation sites is 1. The Hall–Kier alpha value is -2.50. The highest BCUT2D eigenvalue weighted by atomic mass is 16.5. The van der Waals surface area contributed by atoms with Crippen molar-refractivity contribution in [3.63, 3.8) is 0 Å². The van der Waals surface area contributed by atoms with E-state index >= 15 is 0 Å². The predicted molar refractivity (Wildman–Crippen MR) is 87.4 cm³/mol. The van der Waals surface area contributed by atoms with Gasteiger partial charge in [0.05, 0.1) is 13.7 Å². The first kappa shape index (κ1) is 16.9. The number of likely N-dealkylation sites (N-methyl/N-ethyl adjacent to an activating group) is 1. The summed E-state index contributed by atoms with van der Waals surface area (Å²) in [5, 5.41) is 6.70. The highest BCUT2D eigenvalue weighted by molar-refractivity contribution is 5.74. The van der Waals surface area contributed by atoms with Crippen molar-refractivity contribution >= 4 is 6.03 Å². The largest absolute Gasteiger partial charge is 0.496 e. The number of methoxy groups -OCH3 is 1. The SMILES string of the molecule is COc1ccccc1C[C@@H](C)N(C)C(=O)NCc1cc(C)on1. The molecular weight excluding hydrogens is 294 g/mol. The molecule has 1 aromatic carbocycles. The van der Waals surface area contributed by atoms with Crippen LogP contribution in [0, 0.1) is 6.92 Å². The molecule has 124 valence electrons. The molecule has 0 aliphatic carbocycles. The van der Waals surface area contributed by atoms with Crippen LogP contribution in [0.15, 0.2) is 34.9 Å². The first-order chi connectivity index (χ1) is 11.0. The summed E-state index contributed by atoms with van der Waals surface area (Å²) in [6, 6.07) is 9.53. The van der Waals surface area contributed by atoms with Crippen molar-refractivity contribution in [3.8, 4) is 5.75 Å². The summed E-state index contributed by atoms with van der Waals surface area (Å²) in [4.78, 5) is 13.9. The topological polar surface area (TPSA) is 67.6 Å². The summed E-state index contributed by atoms with van der Waals surface area (Å²) in [7, 11) is 3.43. The molecule has 2 amide bonds. The van der Waals surface area contributed by atoms with E-state index in [1.165, 1.54) is 0 Å². The number of hydrogen-bond donors (Lipinski definition) is 1. The summed E-state index contributed by atoms with van der Waals surface area (Å²) in [6.45, 7) is 4.17. The average molecular weight is 317 g/mol. The third kappa shape index (κ3) is 4.48. The summed E-state index contributed by atoms with van der Waals surface area (Å²) in [6.07, 6.45) is 0.719. The summed E-state index contributed by atoms with van der Waals surface area (Å²) >= 11 is 0. The minimum absolute atomic E-state index is 0.0327. The minimum Gasteiger partial charge on any atom is -0.496 e. The van der Waals surface area contributed by atoms with Crippen molar-refractivity contribution in [1.82, 2.24) is 15.4 Å². The molecule has 0 saturated carbocycles. The lowest BCUT2D eigenvalue weighted by Crippen LogP contribution is -2.43. The van der Waals surface area contributed by atoms with Gasteiger partial charge in [-0.1, -0.05) is 23.4 Å². The fraction of sp³-hybridized carbons (Fsp3) is 0.412. The van der Waals surface area contributed by atoms with Gasteiger partial charge in [-0.2, -0.15) is 0 Å². The van der Waals surface area contributed by atoms with Crippen molar-refractivity contribution < 1.29 is 14.1 Å². The molecule has 2 aromatic rings. The molecule has 0 radical (unpaired) electrons. The molecule has 1 N–H and O–H groups in total. The standard InChI is InChI=1S/C17H23N3O3/c1-12(9-14-7-5-6-8-16(14)22-4)20(3)17(21)18-11-15-10-13(2)23-19-15/h5-8,10,12H,9,11H2,1-4H3,(H,18,21)/t12-/m1/s1. The molecule has 6 heteroatoms. The van der Waals surface area contributed by atoms with Crippen molar-refractivity contribution in [3.05, 3.63) is 47.3 Å². The molecule has 0 spiro atoms. The van der Waals surface area contributed by atoms with Gasteiger partial charge in [-0.15, -0.1) is 0 Å². The van der Waals surface area contributed by atoms with Gasteiger partial charge in [0.15, 0.2) is 0 Å². The van der Waals surface area contributed by atoms with Gasteiger partial charge in [-0.05, 0) is 31.9 Å². The number of benzene rings is 1. The van der Waals surface area contributed by atoms with Gasteiger partial charge in [0, 0.05) is 19.2 Å². The summed E-state index contributed by atoms with van der Waals surface area (Å²) in [5.74, 6) is 1.57. The molecule has 23 heavy (non-hydrogen) atoms. The molecule has 0 saturated heterocycles. The van der Waals surface area contributed by atoms with E-state index < -0.39 is 0 Å². The number of carbonyl (C=O) groups is 1. The first-order valence-corrected chi connectivity index (χ1v) is 7.56. The highest BCUT2D eigenvalue weighted by Crippen LogP contribution is 2.20. The van der Waals surface area contributed by atoms with Crippen LogP contribution in [-0.4, -0.2) is 36.3 Å². The van der Waals surface area contributed by atoms with E-state index in [-0.39, 0.29) is 12.1 Å². The number of nitrogens with one attached hydrogen (secondary N) is 1. The maximum Gasteiger partial charge on any atom is 0.317 e. The number of nitrogens with zero attached hydrogens (tertiary/aromatic N) is 2. The number of carbonyl (C=O) groups excluding carboxylic acids is 1. The molecule has 0 fully saturated rings. The lowest BCUT2D eigenvalue weighted by Gasteiger charge is -2.25. The van der Waals surface area contributed by atoms with Gasteiger partial charge in [0.1, 0.15) is 17.2 Å². The Bertz CT molecular complexity index is 654. The molecular formula is C17H23N3O3. The van der Waals surface area contributed by atoms with Crippen molar-refractivity contribution in [2.24, 2.45) is 0 Å². The number of amides is 2. The fourth-order valence-electron chi connectivity index (χ4n) is 2.32. The smallest absolute Gasteiger partial charge is 0.317 e. The highest BCUT2D eigenvalue weighted by Gasteiger charge is 2.17. The number of aryl methyl sites for hydroxylation is 1. The average Bonchev–Trinajstić information content (AvgIpc) is 2.97. The van der Waals surface area contributed by atoms with Crippen molar-refractivity contribution in [2.75, 3.05) is 14.2 Å². The van der Waals surface area contributed by atoms with E-state index in [4.69, 9.17) is 9.26 Å². The molecule has 0 aliphatic rings. The zero-order chi connectivity index (χ0) is 16.8. The third-order valence-electron chi connectivity index (χ3n) is 3.79. The Morgan fingerprint density at radius 3 is 2.83 bits per heavy atom. The Morgan fingerprint density at radius 2 is 2.17 bits per heavy atom. The summed E-state index contributed by atoms with van der Waals surface area (Å²) < 4.78 is 10.3. The first-order valence-electron chi connectivity index (χ1n) is 7.56. The second-order valence-electron chi connectivity index (χ2n) is 5.56. The van der Waals surface area contributed by atoms with E-state index in [2.05, 4.69) is 10.5 Å². The van der Waals surface area contributed by atoms with Crippen LogP contribution in [0.4, 0.5) is 4.79 Å². The van der Waals surface area contributed by atoms with Crippen LogP contribution in [0.2, 0.25) is 0 Å². The minimum atomic E-state index is -0.145. The second kappa shape index (κ2) is 7.67. The van der Waals surface area contributed by atoms with Gasteiger partial charge in [-0.25, -0.2) is 4.79 Å². The van der Waals surface area contributed by atoms with Crippen molar-refractivity contribution in [2.45, 2.75) is 32.9 Å². The molecule has 0 bridgehead atoms. The van der Waals surface area contributed by atoms with Crippen LogP contribution < -0.4 is 10.1 Å². The van der Waals surface area contributed by atoms with Crippen LogP contribution in [0.1, 0.15) is 23.9 Å². The van der Waals surface area contributed by atoms with Crippen LogP contribution in [-0.2, 0) is 13.0 Å². The van der Waals surface area contributed by atoms with Crippen molar-refractivity contribution in [1.29, 1.82) is 0 Å². The molecule has 1 atom stereocenters. The van der Waals surface area contributed by atoms with Gasteiger partial charge < -0.3 is 19.5 Å². The molecule has 1 heterocycles. The van der Waals surface area contributed by atoms with Gasteiger partial charge in [-0.3, -0.25) is 0 Å². The number of rotatable bonds is 6. The number of hydrogen-bond acceptors (Lipinski definition) is 4. The number of urea groups is 1. The Labute approximate surface area is 136 Å². The summed E-state index contributed by atoms with van der Waals surface area (Å²) in [5.41, 5.74) is 1.79. The van der Waals surface area contributed by atoms with Crippen LogP contribution in [0.3, 0.4) is 0 Å². The van der Waals surface area contributed by atoms with E-state index in [0.29, 0.717) is 12.2 Å². The molecule has 1 aromatic heterocycles. The third-order valence-corrected chi connectivity index (χ3v) is 3.79.